The van der Waals surface area contributed by atoms with Crippen LogP contribution in [0.25, 0.3) is 0 Å². The lowest BCUT2D eigenvalue weighted by atomic mass is 9.76. The van der Waals surface area contributed by atoms with Crippen molar-refractivity contribution in [2.45, 2.75) is 58.1 Å². The summed E-state index contributed by atoms with van der Waals surface area (Å²) in [5.74, 6) is 1.42. The Morgan fingerprint density at radius 3 is 2.42 bits per heavy atom. The van der Waals surface area contributed by atoms with Crippen LogP contribution in [0.4, 0.5) is 10.5 Å². The number of amides is 2. The van der Waals surface area contributed by atoms with Gasteiger partial charge in [0.2, 0.25) is 11.8 Å². The number of alkyl carbamates (subject to hydrolysis) is 1. The normalized spacial score (nSPS) is 14.7. The number of aryl methyl sites for hydroxylation is 1. The highest BCUT2D eigenvalue weighted by Gasteiger charge is 2.46. The second-order valence-electron chi connectivity index (χ2n) is 8.64. The summed E-state index contributed by atoms with van der Waals surface area (Å²) in [7, 11) is 1.61. The number of anilines is 1. The number of carbonyl (C=O) groups is 2. The molecule has 8 nitrogen and oxygen atoms in total. The van der Waals surface area contributed by atoms with Crippen LogP contribution in [0.2, 0.25) is 0 Å². The molecule has 2 amide bonds. The van der Waals surface area contributed by atoms with Gasteiger partial charge in [-0.25, -0.2) is 9.78 Å². The standard InChI is InChI=1S/C23H29N3O5/c1-15-7-9-17(13-18(15)29-5)30-19-10-8-16(14-24-19)25-20(27)23(11-6-12-23)26-21(28)31-22(2,3)4/h7-10,13-14H,6,11-12H2,1-5H3,(H,25,27)(H,26,28). The van der Waals surface area contributed by atoms with E-state index >= 15 is 0 Å². The fraction of sp³-hybridized carbons (Fsp3) is 0.435. The van der Waals surface area contributed by atoms with Crippen molar-refractivity contribution < 1.29 is 23.8 Å². The monoisotopic (exact) mass is 427 g/mol. The number of benzene rings is 1. The lowest BCUT2D eigenvalue weighted by molar-refractivity contribution is -0.125. The quantitative estimate of drug-likeness (QED) is 0.700. The molecule has 0 saturated heterocycles. The highest BCUT2D eigenvalue weighted by Crippen LogP contribution is 2.34. The van der Waals surface area contributed by atoms with Crippen molar-refractivity contribution in [3.63, 3.8) is 0 Å². The summed E-state index contributed by atoms with van der Waals surface area (Å²) in [6.07, 6.45) is 2.88. The molecule has 0 unspecified atom stereocenters. The fourth-order valence-corrected chi connectivity index (χ4v) is 3.19. The number of carbonyl (C=O) groups excluding carboxylic acids is 2. The van der Waals surface area contributed by atoms with Crippen molar-refractivity contribution in [3.8, 4) is 17.4 Å². The average Bonchev–Trinajstić information content (AvgIpc) is 2.66. The Hall–Kier alpha value is -3.29. The number of nitrogens with one attached hydrogen (secondary N) is 2. The van der Waals surface area contributed by atoms with E-state index < -0.39 is 17.2 Å². The molecule has 1 aromatic heterocycles. The van der Waals surface area contributed by atoms with Crippen LogP contribution in [0.15, 0.2) is 36.5 Å². The third kappa shape index (κ3) is 5.65. The Morgan fingerprint density at radius 1 is 1.13 bits per heavy atom. The highest BCUT2D eigenvalue weighted by atomic mass is 16.6. The Labute approximate surface area is 182 Å². The first-order chi connectivity index (χ1) is 14.6. The third-order valence-electron chi connectivity index (χ3n) is 4.98. The summed E-state index contributed by atoms with van der Waals surface area (Å²) in [5.41, 5.74) is -0.0789. The number of ether oxygens (including phenoxy) is 3. The van der Waals surface area contributed by atoms with E-state index in [1.807, 2.05) is 19.1 Å². The lowest BCUT2D eigenvalue weighted by Gasteiger charge is -2.40. The van der Waals surface area contributed by atoms with Gasteiger partial charge in [0.15, 0.2) is 0 Å². The third-order valence-corrected chi connectivity index (χ3v) is 4.98. The molecular weight excluding hydrogens is 398 g/mol. The summed E-state index contributed by atoms with van der Waals surface area (Å²) in [6.45, 7) is 7.29. The predicted octanol–water partition coefficient (Wildman–Crippen LogP) is 4.58. The largest absolute Gasteiger partial charge is 0.496 e. The van der Waals surface area contributed by atoms with E-state index in [4.69, 9.17) is 14.2 Å². The van der Waals surface area contributed by atoms with Gasteiger partial charge in [0.25, 0.3) is 0 Å². The molecule has 0 radical (unpaired) electrons. The molecule has 1 heterocycles. The number of hydrogen-bond donors (Lipinski definition) is 2. The smallest absolute Gasteiger partial charge is 0.408 e. The number of aromatic nitrogens is 1. The van der Waals surface area contributed by atoms with Gasteiger partial charge in [0.05, 0.1) is 19.0 Å². The van der Waals surface area contributed by atoms with Crippen LogP contribution in [0.3, 0.4) is 0 Å². The van der Waals surface area contributed by atoms with Crippen LogP contribution in [-0.2, 0) is 9.53 Å². The molecular formula is C23H29N3O5. The molecule has 1 aliphatic carbocycles. The van der Waals surface area contributed by atoms with E-state index in [-0.39, 0.29) is 5.91 Å². The van der Waals surface area contributed by atoms with Gasteiger partial charge >= 0.3 is 6.09 Å². The van der Waals surface area contributed by atoms with Crippen molar-refractivity contribution in [2.24, 2.45) is 0 Å². The summed E-state index contributed by atoms with van der Waals surface area (Å²) in [6, 6.07) is 8.88. The highest BCUT2D eigenvalue weighted by molar-refractivity contribution is 6.00. The maximum absolute atomic E-state index is 12.8. The topological polar surface area (TPSA) is 98.8 Å². The van der Waals surface area contributed by atoms with E-state index in [1.54, 1.807) is 46.1 Å². The number of hydrogen-bond acceptors (Lipinski definition) is 6. The number of rotatable bonds is 6. The van der Waals surface area contributed by atoms with Crippen LogP contribution in [-0.4, -0.2) is 35.2 Å². The molecule has 1 saturated carbocycles. The Kier molecular flexibility index (Phi) is 6.38. The number of pyridine rings is 1. The van der Waals surface area contributed by atoms with Gasteiger partial charge in [-0.15, -0.1) is 0 Å². The van der Waals surface area contributed by atoms with Crippen LogP contribution < -0.4 is 20.1 Å². The van der Waals surface area contributed by atoms with Crippen molar-refractivity contribution in [1.29, 1.82) is 0 Å². The molecule has 31 heavy (non-hydrogen) atoms. The van der Waals surface area contributed by atoms with Crippen LogP contribution in [0.1, 0.15) is 45.6 Å². The van der Waals surface area contributed by atoms with Crippen LogP contribution in [0.5, 0.6) is 17.4 Å². The Balaban J connectivity index is 1.62. The van der Waals surface area contributed by atoms with Crippen LogP contribution in [0, 0.1) is 6.92 Å². The predicted molar refractivity (Wildman–Crippen MR) is 117 cm³/mol. The fourth-order valence-electron chi connectivity index (χ4n) is 3.19. The first kappa shape index (κ1) is 22.4. The molecule has 0 bridgehead atoms. The van der Waals surface area contributed by atoms with Crippen molar-refractivity contribution in [2.75, 3.05) is 12.4 Å². The van der Waals surface area contributed by atoms with E-state index in [0.29, 0.717) is 30.2 Å². The molecule has 1 aromatic carbocycles. The van der Waals surface area contributed by atoms with Gasteiger partial charge in [-0.2, -0.15) is 0 Å². The zero-order valence-electron chi connectivity index (χ0n) is 18.6. The van der Waals surface area contributed by atoms with Crippen LogP contribution >= 0.6 is 0 Å². The van der Waals surface area contributed by atoms with Gasteiger partial charge in [-0.05, 0) is 64.7 Å². The zero-order chi connectivity index (χ0) is 22.6. The molecule has 1 fully saturated rings. The first-order valence-corrected chi connectivity index (χ1v) is 10.2. The second kappa shape index (κ2) is 8.83. The summed E-state index contributed by atoms with van der Waals surface area (Å²) >= 11 is 0. The molecule has 0 spiro atoms. The molecule has 2 aromatic rings. The molecule has 8 heteroatoms. The van der Waals surface area contributed by atoms with E-state index in [2.05, 4.69) is 15.6 Å². The van der Waals surface area contributed by atoms with Crippen molar-refractivity contribution in [3.05, 3.63) is 42.1 Å². The summed E-state index contributed by atoms with van der Waals surface area (Å²) in [4.78, 5) is 29.3. The summed E-state index contributed by atoms with van der Waals surface area (Å²) in [5, 5.41) is 5.56. The van der Waals surface area contributed by atoms with Gasteiger partial charge in [0, 0.05) is 12.1 Å². The van der Waals surface area contributed by atoms with Gasteiger partial charge in [-0.1, -0.05) is 6.07 Å². The van der Waals surface area contributed by atoms with E-state index in [1.165, 1.54) is 6.20 Å². The maximum Gasteiger partial charge on any atom is 0.408 e. The SMILES string of the molecule is COc1cc(Oc2ccc(NC(=O)C3(NC(=O)OC(C)(C)C)CCC3)cn2)ccc1C. The second-order valence-corrected chi connectivity index (χ2v) is 8.64. The van der Waals surface area contributed by atoms with Crippen molar-refractivity contribution >= 4 is 17.7 Å². The van der Waals surface area contributed by atoms with E-state index in [9.17, 15) is 9.59 Å². The Bertz CT molecular complexity index is 947. The minimum absolute atomic E-state index is 0.289. The minimum atomic E-state index is -0.962. The minimum Gasteiger partial charge on any atom is -0.496 e. The van der Waals surface area contributed by atoms with Gasteiger partial charge in [-0.3, -0.25) is 4.79 Å². The molecule has 2 N–H and O–H groups in total. The van der Waals surface area contributed by atoms with Gasteiger partial charge in [0.1, 0.15) is 22.6 Å². The molecule has 0 atom stereocenters. The summed E-state index contributed by atoms with van der Waals surface area (Å²) < 4.78 is 16.4. The first-order valence-electron chi connectivity index (χ1n) is 10.2. The molecule has 166 valence electrons. The number of nitrogens with zero attached hydrogens (tertiary/aromatic N) is 1. The van der Waals surface area contributed by atoms with Crippen molar-refractivity contribution in [1.82, 2.24) is 10.3 Å². The molecule has 3 rings (SSSR count). The molecule has 1 aliphatic rings. The maximum atomic E-state index is 12.8. The zero-order valence-corrected chi connectivity index (χ0v) is 18.6. The van der Waals surface area contributed by atoms with E-state index in [0.717, 1.165) is 17.7 Å². The Morgan fingerprint density at radius 2 is 1.87 bits per heavy atom. The lowest BCUT2D eigenvalue weighted by Crippen LogP contribution is -2.61. The number of methoxy groups -OCH3 is 1. The van der Waals surface area contributed by atoms with Gasteiger partial charge < -0.3 is 24.8 Å². The average molecular weight is 428 g/mol. The molecule has 0 aliphatic heterocycles.